The number of nitrogens with one attached hydrogen (secondary N) is 1. The molecule has 0 bridgehead atoms. The Kier molecular flexibility index (Phi) is 1.56. The van der Waals surface area contributed by atoms with Crippen LogP contribution in [0.5, 0.6) is 0 Å². The van der Waals surface area contributed by atoms with Crippen LogP contribution in [0.25, 0.3) is 0 Å². The summed E-state index contributed by atoms with van der Waals surface area (Å²) in [5.74, 6) is 0.926. The molecule has 1 nitrogen and oxygen atoms in total. The van der Waals surface area contributed by atoms with E-state index in [0.717, 1.165) is 5.92 Å². The van der Waals surface area contributed by atoms with Gasteiger partial charge in [0.05, 0.1) is 0 Å². The van der Waals surface area contributed by atoms with Gasteiger partial charge in [-0.2, -0.15) is 0 Å². The van der Waals surface area contributed by atoms with Gasteiger partial charge in [-0.1, -0.05) is 31.2 Å². The molecule has 0 amide bonds. The van der Waals surface area contributed by atoms with Crippen LogP contribution in [-0.2, 0) is 10.8 Å². The van der Waals surface area contributed by atoms with E-state index in [2.05, 4.69) is 36.5 Å². The fourth-order valence-corrected chi connectivity index (χ4v) is 3.47. The van der Waals surface area contributed by atoms with Crippen molar-refractivity contribution >= 4 is 0 Å². The molecule has 4 rings (SSSR count). The maximum Gasteiger partial charge on any atom is 0.0122 e. The fraction of sp³-hybridized carbons (Fsp3) is 0.600. The predicted molar refractivity (Wildman–Crippen MR) is 65.7 cm³/mol. The van der Waals surface area contributed by atoms with E-state index in [0.29, 0.717) is 10.8 Å². The molecular weight excluding hydrogens is 194 g/mol. The van der Waals surface area contributed by atoms with Crippen LogP contribution in [0.1, 0.15) is 37.3 Å². The number of hydrogen-bond acceptors (Lipinski definition) is 1. The summed E-state index contributed by atoms with van der Waals surface area (Å²) >= 11 is 0. The standard InChI is InChI=1S/C15H19N/c1-14(5-6-14)11-3-2-4-12(7-11)15-8-13(15)9-16-10-15/h2-4,7,13,16H,5-6,8-10H2,1H3. The monoisotopic (exact) mass is 213 g/mol. The lowest BCUT2D eigenvalue weighted by molar-refractivity contribution is 0.671. The van der Waals surface area contributed by atoms with E-state index in [1.54, 1.807) is 11.1 Å². The van der Waals surface area contributed by atoms with E-state index in [9.17, 15) is 0 Å². The summed E-state index contributed by atoms with van der Waals surface area (Å²) in [5, 5.41) is 3.53. The fourth-order valence-electron chi connectivity index (χ4n) is 3.47. The minimum Gasteiger partial charge on any atom is -0.316 e. The van der Waals surface area contributed by atoms with Crippen LogP contribution >= 0.6 is 0 Å². The zero-order valence-electron chi connectivity index (χ0n) is 9.92. The zero-order valence-corrected chi connectivity index (χ0v) is 9.92. The number of piperidine rings is 1. The second-order valence-electron chi connectivity index (χ2n) is 6.33. The van der Waals surface area contributed by atoms with Gasteiger partial charge in [0.15, 0.2) is 0 Å². The Labute approximate surface area is 97.2 Å². The summed E-state index contributed by atoms with van der Waals surface area (Å²) in [6.07, 6.45) is 4.18. The van der Waals surface area contributed by atoms with Crippen LogP contribution < -0.4 is 5.32 Å². The molecule has 1 N–H and O–H groups in total. The van der Waals surface area contributed by atoms with E-state index in [4.69, 9.17) is 0 Å². The molecule has 1 saturated heterocycles. The molecule has 0 radical (unpaired) electrons. The Bertz CT molecular complexity index is 447. The summed E-state index contributed by atoms with van der Waals surface area (Å²) in [6.45, 7) is 4.85. The lowest BCUT2D eigenvalue weighted by Crippen LogP contribution is -2.19. The van der Waals surface area contributed by atoms with Gasteiger partial charge in [-0.15, -0.1) is 0 Å². The van der Waals surface area contributed by atoms with Crippen molar-refractivity contribution in [2.24, 2.45) is 5.92 Å². The summed E-state index contributed by atoms with van der Waals surface area (Å²) in [7, 11) is 0. The highest BCUT2D eigenvalue weighted by molar-refractivity contribution is 5.42. The van der Waals surface area contributed by atoms with Gasteiger partial charge in [-0.3, -0.25) is 0 Å². The van der Waals surface area contributed by atoms with Gasteiger partial charge in [0.2, 0.25) is 0 Å². The average Bonchev–Trinajstić information content (AvgIpc) is 3.20. The molecule has 2 aliphatic carbocycles. The van der Waals surface area contributed by atoms with Gasteiger partial charge in [0, 0.05) is 12.0 Å². The summed E-state index contributed by atoms with van der Waals surface area (Å²) in [6, 6.07) is 9.45. The molecule has 1 aliphatic heterocycles. The van der Waals surface area contributed by atoms with Crippen LogP contribution in [0.4, 0.5) is 0 Å². The molecule has 0 spiro atoms. The van der Waals surface area contributed by atoms with Crippen LogP contribution in [0.2, 0.25) is 0 Å². The minimum absolute atomic E-state index is 0.517. The third-order valence-electron chi connectivity index (χ3n) is 5.20. The van der Waals surface area contributed by atoms with E-state index >= 15 is 0 Å². The maximum absolute atomic E-state index is 3.53. The highest BCUT2D eigenvalue weighted by Gasteiger charge is 2.58. The van der Waals surface area contributed by atoms with Gasteiger partial charge in [0.1, 0.15) is 0 Å². The highest BCUT2D eigenvalue weighted by Crippen LogP contribution is 2.57. The van der Waals surface area contributed by atoms with Crippen molar-refractivity contribution in [1.29, 1.82) is 0 Å². The third kappa shape index (κ3) is 1.10. The lowest BCUT2D eigenvalue weighted by atomic mass is 9.89. The predicted octanol–water partition coefficient (Wildman–Crippen LogP) is 2.60. The van der Waals surface area contributed by atoms with E-state index in [-0.39, 0.29) is 0 Å². The van der Waals surface area contributed by atoms with Crippen LogP contribution in [0.15, 0.2) is 24.3 Å². The largest absolute Gasteiger partial charge is 0.316 e. The van der Waals surface area contributed by atoms with Crippen molar-refractivity contribution in [1.82, 2.24) is 5.32 Å². The smallest absolute Gasteiger partial charge is 0.0122 e. The molecule has 3 aliphatic rings. The second-order valence-corrected chi connectivity index (χ2v) is 6.33. The average molecular weight is 213 g/mol. The molecule has 3 fully saturated rings. The van der Waals surface area contributed by atoms with Crippen LogP contribution in [0.3, 0.4) is 0 Å². The molecular formula is C15H19N. The van der Waals surface area contributed by atoms with Gasteiger partial charge >= 0.3 is 0 Å². The molecule has 2 unspecified atom stereocenters. The van der Waals surface area contributed by atoms with Crippen LogP contribution in [-0.4, -0.2) is 13.1 Å². The van der Waals surface area contributed by atoms with Gasteiger partial charge in [0.25, 0.3) is 0 Å². The van der Waals surface area contributed by atoms with Crippen molar-refractivity contribution in [2.45, 2.75) is 37.0 Å². The Morgan fingerprint density at radius 1 is 1.25 bits per heavy atom. The quantitative estimate of drug-likeness (QED) is 0.796. The number of rotatable bonds is 2. The summed E-state index contributed by atoms with van der Waals surface area (Å²) in [4.78, 5) is 0. The first-order chi connectivity index (χ1) is 7.73. The Morgan fingerprint density at radius 2 is 2.06 bits per heavy atom. The molecule has 1 aromatic carbocycles. The molecule has 16 heavy (non-hydrogen) atoms. The molecule has 1 heterocycles. The molecule has 84 valence electrons. The Hall–Kier alpha value is -0.820. The van der Waals surface area contributed by atoms with E-state index in [1.807, 2.05) is 0 Å². The van der Waals surface area contributed by atoms with Crippen molar-refractivity contribution in [3.8, 4) is 0 Å². The maximum atomic E-state index is 3.53. The normalized spacial score (nSPS) is 38.2. The molecule has 2 atom stereocenters. The SMILES string of the molecule is CC1(c2cccc(C34CNCC3C4)c2)CC1. The van der Waals surface area contributed by atoms with Gasteiger partial charge in [-0.05, 0) is 48.3 Å². The van der Waals surface area contributed by atoms with E-state index in [1.165, 1.54) is 32.4 Å². The summed E-state index contributed by atoms with van der Waals surface area (Å²) < 4.78 is 0. The first kappa shape index (κ1) is 9.23. The van der Waals surface area contributed by atoms with Crippen molar-refractivity contribution in [3.63, 3.8) is 0 Å². The lowest BCUT2D eigenvalue weighted by Gasteiger charge is -2.16. The highest BCUT2D eigenvalue weighted by atomic mass is 15.0. The zero-order chi connectivity index (χ0) is 10.8. The Morgan fingerprint density at radius 3 is 2.69 bits per heavy atom. The number of fused-ring (bicyclic) bond motifs is 1. The van der Waals surface area contributed by atoms with Gasteiger partial charge in [-0.25, -0.2) is 0 Å². The number of hydrogen-bond donors (Lipinski definition) is 1. The van der Waals surface area contributed by atoms with Gasteiger partial charge < -0.3 is 5.32 Å². The third-order valence-corrected chi connectivity index (χ3v) is 5.20. The summed E-state index contributed by atoms with van der Waals surface area (Å²) in [5.41, 5.74) is 4.23. The van der Waals surface area contributed by atoms with Crippen LogP contribution in [0, 0.1) is 5.92 Å². The van der Waals surface area contributed by atoms with E-state index < -0.39 is 0 Å². The van der Waals surface area contributed by atoms with Crippen molar-refractivity contribution in [3.05, 3.63) is 35.4 Å². The first-order valence-corrected chi connectivity index (χ1v) is 6.55. The van der Waals surface area contributed by atoms with Crippen molar-refractivity contribution < 1.29 is 0 Å². The Balaban J connectivity index is 1.74. The first-order valence-electron chi connectivity index (χ1n) is 6.55. The molecule has 2 saturated carbocycles. The molecule has 1 aromatic rings. The number of benzene rings is 1. The second kappa shape index (κ2) is 2.70. The molecule has 0 aromatic heterocycles. The van der Waals surface area contributed by atoms with Crippen molar-refractivity contribution in [2.75, 3.05) is 13.1 Å². The molecule has 1 heteroatoms. The minimum atomic E-state index is 0.517. The topological polar surface area (TPSA) is 12.0 Å².